The molecular formula is C21H23N3O5. The van der Waals surface area contributed by atoms with Crippen molar-refractivity contribution in [3.8, 4) is 11.5 Å². The average Bonchev–Trinajstić information content (AvgIpc) is 2.78. The Morgan fingerprint density at radius 2 is 1.79 bits per heavy atom. The Kier molecular flexibility index (Phi) is 6.33. The molecule has 8 heteroatoms. The topological polar surface area (TPSA) is 89.5 Å². The minimum Gasteiger partial charge on any atom is -0.493 e. The number of hydrogen-bond acceptors (Lipinski definition) is 6. The van der Waals surface area contributed by atoms with E-state index < -0.39 is 6.09 Å². The molecule has 29 heavy (non-hydrogen) atoms. The van der Waals surface area contributed by atoms with Gasteiger partial charge in [-0.25, -0.2) is 9.80 Å². The molecule has 2 aromatic carbocycles. The fourth-order valence-electron chi connectivity index (χ4n) is 3.09. The summed E-state index contributed by atoms with van der Waals surface area (Å²) in [5.41, 5.74) is 2.36. The summed E-state index contributed by atoms with van der Waals surface area (Å²) in [6, 6.07) is 12.3. The molecule has 0 radical (unpaired) electrons. The normalized spacial score (nSPS) is 13.3. The van der Waals surface area contributed by atoms with Crippen LogP contribution >= 0.6 is 0 Å². The lowest BCUT2D eigenvalue weighted by molar-refractivity contribution is 0.0752. The first-order valence-corrected chi connectivity index (χ1v) is 9.13. The van der Waals surface area contributed by atoms with E-state index in [9.17, 15) is 9.59 Å². The van der Waals surface area contributed by atoms with Crippen molar-refractivity contribution in [1.29, 1.82) is 0 Å². The van der Waals surface area contributed by atoms with E-state index in [0.717, 1.165) is 24.1 Å². The Labute approximate surface area is 169 Å². The Morgan fingerprint density at radius 1 is 1.03 bits per heavy atom. The van der Waals surface area contributed by atoms with Crippen molar-refractivity contribution in [3.05, 3.63) is 53.6 Å². The predicted molar refractivity (Wildman–Crippen MR) is 109 cm³/mol. The molecule has 1 heterocycles. The van der Waals surface area contributed by atoms with Crippen LogP contribution in [0.5, 0.6) is 11.5 Å². The summed E-state index contributed by atoms with van der Waals surface area (Å²) in [6.45, 7) is 0.488. The van der Waals surface area contributed by atoms with Gasteiger partial charge in [-0.2, -0.15) is 5.10 Å². The van der Waals surface area contributed by atoms with Crippen LogP contribution < -0.4 is 14.8 Å². The second-order valence-corrected chi connectivity index (χ2v) is 6.31. The van der Waals surface area contributed by atoms with E-state index in [-0.39, 0.29) is 5.91 Å². The molecule has 152 valence electrons. The maximum Gasteiger partial charge on any atom is 0.411 e. The zero-order valence-electron chi connectivity index (χ0n) is 16.6. The molecule has 0 saturated heterocycles. The van der Waals surface area contributed by atoms with Gasteiger partial charge in [0.05, 0.1) is 38.3 Å². The zero-order valence-corrected chi connectivity index (χ0v) is 16.6. The molecule has 0 bridgehead atoms. The minimum absolute atomic E-state index is 0.297. The maximum absolute atomic E-state index is 13.1. The van der Waals surface area contributed by atoms with Gasteiger partial charge in [-0.15, -0.1) is 0 Å². The lowest BCUT2D eigenvalue weighted by atomic mass is 10.0. The van der Waals surface area contributed by atoms with E-state index in [1.807, 2.05) is 18.2 Å². The van der Waals surface area contributed by atoms with Gasteiger partial charge in [0.2, 0.25) is 0 Å². The van der Waals surface area contributed by atoms with Gasteiger partial charge in [0.15, 0.2) is 11.5 Å². The van der Waals surface area contributed by atoms with Crippen molar-refractivity contribution in [2.24, 2.45) is 5.10 Å². The molecule has 0 aliphatic carbocycles. The fraction of sp³-hybridized carbons (Fsp3) is 0.286. The van der Waals surface area contributed by atoms with Crippen LogP contribution in [0.1, 0.15) is 28.8 Å². The highest BCUT2D eigenvalue weighted by atomic mass is 16.5. The number of ether oxygens (including phenoxy) is 3. The smallest absolute Gasteiger partial charge is 0.411 e. The highest BCUT2D eigenvalue weighted by Crippen LogP contribution is 2.29. The van der Waals surface area contributed by atoms with Gasteiger partial charge in [-0.3, -0.25) is 10.1 Å². The van der Waals surface area contributed by atoms with Crippen LogP contribution in [0, 0.1) is 0 Å². The third-order valence-corrected chi connectivity index (χ3v) is 4.56. The Morgan fingerprint density at radius 3 is 2.52 bits per heavy atom. The molecular weight excluding hydrogens is 374 g/mol. The number of hydrogen-bond donors (Lipinski definition) is 1. The van der Waals surface area contributed by atoms with Crippen molar-refractivity contribution in [2.45, 2.75) is 12.8 Å². The summed E-state index contributed by atoms with van der Waals surface area (Å²) in [5, 5.41) is 8.55. The van der Waals surface area contributed by atoms with Crippen molar-refractivity contribution in [2.75, 3.05) is 33.2 Å². The van der Waals surface area contributed by atoms with Crippen LogP contribution in [-0.2, 0) is 4.74 Å². The second-order valence-electron chi connectivity index (χ2n) is 6.31. The van der Waals surface area contributed by atoms with E-state index >= 15 is 0 Å². The largest absolute Gasteiger partial charge is 0.493 e. The number of nitrogens with one attached hydrogen (secondary N) is 1. The Bertz CT molecular complexity index is 942. The van der Waals surface area contributed by atoms with Gasteiger partial charge in [0, 0.05) is 12.1 Å². The molecule has 2 aromatic rings. The third-order valence-electron chi connectivity index (χ3n) is 4.56. The number of nitrogens with zero attached hydrogens (tertiary/aromatic N) is 2. The molecule has 0 atom stereocenters. The molecule has 0 aromatic heterocycles. The van der Waals surface area contributed by atoms with Gasteiger partial charge in [0.25, 0.3) is 5.91 Å². The van der Waals surface area contributed by atoms with Gasteiger partial charge in [-0.05, 0) is 43.2 Å². The summed E-state index contributed by atoms with van der Waals surface area (Å²) in [4.78, 5) is 24.6. The fourth-order valence-corrected chi connectivity index (χ4v) is 3.09. The average molecular weight is 397 g/mol. The first-order chi connectivity index (χ1) is 14.1. The standard InChI is InChI=1S/C21H23N3O5/c1-27-18-11-10-14(13-19(18)28-2)16-9-6-12-24(23-16)20(25)15-7-4-5-8-17(15)22-21(26)29-3/h4-5,7-8,10-11,13H,6,9,12H2,1-3H3,(H,22,26). The Hall–Kier alpha value is -3.55. The van der Waals surface area contributed by atoms with Crippen molar-refractivity contribution < 1.29 is 23.8 Å². The van der Waals surface area contributed by atoms with E-state index in [2.05, 4.69) is 15.2 Å². The van der Waals surface area contributed by atoms with Gasteiger partial charge in [-0.1, -0.05) is 12.1 Å². The number of methoxy groups -OCH3 is 3. The van der Waals surface area contributed by atoms with Crippen LogP contribution in [0.15, 0.2) is 47.6 Å². The molecule has 1 N–H and O–H groups in total. The molecule has 0 fully saturated rings. The van der Waals surface area contributed by atoms with Crippen LogP contribution in [0.2, 0.25) is 0 Å². The number of amides is 2. The Balaban J connectivity index is 1.89. The van der Waals surface area contributed by atoms with Crippen molar-refractivity contribution in [3.63, 3.8) is 0 Å². The van der Waals surface area contributed by atoms with Gasteiger partial charge < -0.3 is 14.2 Å². The molecule has 0 spiro atoms. The number of para-hydroxylation sites is 1. The van der Waals surface area contributed by atoms with Crippen LogP contribution in [0.4, 0.5) is 10.5 Å². The van der Waals surface area contributed by atoms with Crippen LogP contribution in [-0.4, -0.2) is 50.6 Å². The molecule has 3 rings (SSSR count). The molecule has 0 saturated carbocycles. The first-order valence-electron chi connectivity index (χ1n) is 9.13. The SMILES string of the molecule is COC(=O)Nc1ccccc1C(=O)N1CCCC(c2ccc(OC)c(OC)c2)=N1. The van der Waals surface area contributed by atoms with Gasteiger partial charge in [0.1, 0.15) is 0 Å². The summed E-state index contributed by atoms with van der Waals surface area (Å²) >= 11 is 0. The van der Waals surface area contributed by atoms with Gasteiger partial charge >= 0.3 is 6.09 Å². The van der Waals surface area contributed by atoms with Crippen LogP contribution in [0.3, 0.4) is 0 Å². The lowest BCUT2D eigenvalue weighted by Gasteiger charge is -2.25. The molecule has 1 aliphatic rings. The highest BCUT2D eigenvalue weighted by Gasteiger charge is 2.23. The number of carbonyl (C=O) groups excluding carboxylic acids is 2. The maximum atomic E-state index is 13.1. The third kappa shape index (κ3) is 4.48. The zero-order chi connectivity index (χ0) is 20.8. The molecule has 8 nitrogen and oxygen atoms in total. The monoisotopic (exact) mass is 397 g/mol. The summed E-state index contributed by atoms with van der Waals surface area (Å²) in [6.07, 6.45) is 0.866. The second kappa shape index (κ2) is 9.09. The molecule has 0 unspecified atom stereocenters. The van der Waals surface area contributed by atoms with Crippen molar-refractivity contribution >= 4 is 23.4 Å². The number of carbonyl (C=O) groups is 2. The summed E-state index contributed by atoms with van der Waals surface area (Å²) in [5.74, 6) is 0.932. The van der Waals surface area contributed by atoms with Crippen molar-refractivity contribution in [1.82, 2.24) is 5.01 Å². The molecule has 1 aliphatic heterocycles. The van der Waals surface area contributed by atoms with E-state index in [4.69, 9.17) is 9.47 Å². The summed E-state index contributed by atoms with van der Waals surface area (Å²) in [7, 11) is 4.42. The van der Waals surface area contributed by atoms with E-state index in [1.54, 1.807) is 38.5 Å². The predicted octanol–water partition coefficient (Wildman–Crippen LogP) is 3.52. The number of rotatable bonds is 5. The number of anilines is 1. The minimum atomic E-state index is -0.640. The first kappa shape index (κ1) is 20.2. The van der Waals surface area contributed by atoms with Crippen LogP contribution in [0.25, 0.3) is 0 Å². The molecule has 2 amide bonds. The van der Waals surface area contributed by atoms with E-state index in [0.29, 0.717) is 29.3 Å². The lowest BCUT2D eigenvalue weighted by Crippen LogP contribution is -2.33. The van der Waals surface area contributed by atoms with E-state index in [1.165, 1.54) is 12.1 Å². The highest BCUT2D eigenvalue weighted by molar-refractivity contribution is 6.05. The number of benzene rings is 2. The number of hydrazone groups is 1. The quantitative estimate of drug-likeness (QED) is 0.834. The summed E-state index contributed by atoms with van der Waals surface area (Å²) < 4.78 is 15.3.